The van der Waals surface area contributed by atoms with E-state index in [1.807, 2.05) is 17.5 Å². The zero-order valence-electron chi connectivity index (χ0n) is 13.9. The predicted octanol–water partition coefficient (Wildman–Crippen LogP) is 3.18. The Morgan fingerprint density at radius 3 is 2.61 bits per heavy atom. The van der Waals surface area contributed by atoms with Crippen LogP contribution in [0.2, 0.25) is 0 Å². The standard InChI is InChI=1S/C18H24N2O2S/c1-12(2)8-15(10-21)19-17(22)9-16-11-23-18(20-16)14-6-4-13(3)5-7-14/h4-7,11-12,15,21H,8-10H2,1-3H3,(H,19,22). The molecular weight excluding hydrogens is 308 g/mol. The first-order valence-corrected chi connectivity index (χ1v) is 8.77. The summed E-state index contributed by atoms with van der Waals surface area (Å²) < 4.78 is 0. The normalized spacial score (nSPS) is 12.4. The van der Waals surface area contributed by atoms with Gasteiger partial charge in [-0.05, 0) is 19.3 Å². The smallest absolute Gasteiger partial charge is 0.226 e. The molecule has 2 aromatic rings. The Labute approximate surface area is 141 Å². The summed E-state index contributed by atoms with van der Waals surface area (Å²) in [7, 11) is 0. The molecule has 1 aromatic carbocycles. The number of thiazole rings is 1. The van der Waals surface area contributed by atoms with Crippen LogP contribution in [0.25, 0.3) is 10.6 Å². The summed E-state index contributed by atoms with van der Waals surface area (Å²) in [5.41, 5.74) is 3.05. The van der Waals surface area contributed by atoms with Crippen LogP contribution in [0, 0.1) is 12.8 Å². The SMILES string of the molecule is Cc1ccc(-c2nc(CC(=O)NC(CO)CC(C)C)cs2)cc1. The molecule has 1 heterocycles. The molecule has 2 rings (SSSR count). The minimum atomic E-state index is -0.183. The maximum atomic E-state index is 12.1. The lowest BCUT2D eigenvalue weighted by Crippen LogP contribution is -2.39. The van der Waals surface area contributed by atoms with Gasteiger partial charge in [0.2, 0.25) is 5.91 Å². The van der Waals surface area contributed by atoms with Gasteiger partial charge in [0, 0.05) is 10.9 Å². The predicted molar refractivity (Wildman–Crippen MR) is 94.5 cm³/mol. The van der Waals surface area contributed by atoms with Crippen LogP contribution in [0.4, 0.5) is 0 Å². The van der Waals surface area contributed by atoms with E-state index in [1.54, 1.807) is 11.3 Å². The van der Waals surface area contributed by atoms with Crippen molar-refractivity contribution in [2.75, 3.05) is 6.61 Å². The average molecular weight is 332 g/mol. The zero-order chi connectivity index (χ0) is 16.8. The number of hydrogen-bond donors (Lipinski definition) is 2. The van der Waals surface area contributed by atoms with Crippen molar-refractivity contribution in [3.8, 4) is 10.6 Å². The number of aliphatic hydroxyl groups excluding tert-OH is 1. The van der Waals surface area contributed by atoms with E-state index >= 15 is 0 Å². The van der Waals surface area contributed by atoms with Gasteiger partial charge < -0.3 is 10.4 Å². The van der Waals surface area contributed by atoms with Gasteiger partial charge in [0.1, 0.15) is 5.01 Å². The first kappa shape index (κ1) is 17.6. The molecular formula is C18H24N2O2S. The highest BCUT2D eigenvalue weighted by molar-refractivity contribution is 7.13. The maximum absolute atomic E-state index is 12.1. The van der Waals surface area contributed by atoms with Crippen LogP contribution >= 0.6 is 11.3 Å². The Kier molecular flexibility index (Phi) is 6.30. The molecule has 0 bridgehead atoms. The van der Waals surface area contributed by atoms with Crippen molar-refractivity contribution in [1.29, 1.82) is 0 Å². The molecule has 0 aliphatic rings. The third kappa shape index (κ3) is 5.44. The molecule has 1 unspecified atom stereocenters. The third-order valence-corrected chi connectivity index (χ3v) is 4.47. The molecule has 0 aliphatic heterocycles. The maximum Gasteiger partial charge on any atom is 0.226 e. The molecule has 1 atom stereocenters. The Morgan fingerprint density at radius 2 is 2.00 bits per heavy atom. The van der Waals surface area contributed by atoms with Gasteiger partial charge >= 0.3 is 0 Å². The lowest BCUT2D eigenvalue weighted by atomic mass is 10.0. The number of rotatable bonds is 7. The molecule has 23 heavy (non-hydrogen) atoms. The van der Waals surface area contributed by atoms with Crippen molar-refractivity contribution >= 4 is 17.2 Å². The Morgan fingerprint density at radius 1 is 1.30 bits per heavy atom. The van der Waals surface area contributed by atoms with Gasteiger partial charge in [0.15, 0.2) is 0 Å². The van der Waals surface area contributed by atoms with E-state index in [1.165, 1.54) is 5.56 Å². The molecule has 0 saturated carbocycles. The second-order valence-corrected chi connectivity index (χ2v) is 7.12. The molecule has 4 nitrogen and oxygen atoms in total. The van der Waals surface area contributed by atoms with Gasteiger partial charge in [-0.3, -0.25) is 4.79 Å². The van der Waals surface area contributed by atoms with Crippen LogP contribution in [0.3, 0.4) is 0 Å². The van der Waals surface area contributed by atoms with Gasteiger partial charge in [-0.2, -0.15) is 0 Å². The number of hydrogen-bond acceptors (Lipinski definition) is 4. The summed E-state index contributed by atoms with van der Waals surface area (Å²) in [6, 6.07) is 8.02. The zero-order valence-corrected chi connectivity index (χ0v) is 14.7. The van der Waals surface area contributed by atoms with Crippen LogP contribution in [0.15, 0.2) is 29.6 Å². The number of carbonyl (C=O) groups excluding carboxylic acids is 1. The minimum absolute atomic E-state index is 0.0321. The monoisotopic (exact) mass is 332 g/mol. The van der Waals surface area contributed by atoms with Crippen molar-refractivity contribution in [3.05, 3.63) is 40.9 Å². The van der Waals surface area contributed by atoms with Crippen LogP contribution in [-0.4, -0.2) is 28.6 Å². The van der Waals surface area contributed by atoms with E-state index in [9.17, 15) is 9.90 Å². The van der Waals surface area contributed by atoms with Crippen LogP contribution in [-0.2, 0) is 11.2 Å². The summed E-state index contributed by atoms with van der Waals surface area (Å²) in [6.45, 7) is 6.16. The molecule has 0 aliphatic carbocycles. The quantitative estimate of drug-likeness (QED) is 0.818. The topological polar surface area (TPSA) is 62.2 Å². The highest BCUT2D eigenvalue weighted by Crippen LogP contribution is 2.24. The Bertz CT molecular complexity index is 635. The molecule has 1 amide bonds. The highest BCUT2D eigenvalue weighted by atomic mass is 32.1. The molecule has 0 spiro atoms. The minimum Gasteiger partial charge on any atom is -0.394 e. The molecule has 0 saturated heterocycles. The van der Waals surface area contributed by atoms with Crippen molar-refractivity contribution in [2.24, 2.45) is 5.92 Å². The molecule has 0 radical (unpaired) electrons. The number of benzene rings is 1. The van der Waals surface area contributed by atoms with Crippen LogP contribution < -0.4 is 5.32 Å². The summed E-state index contributed by atoms with van der Waals surface area (Å²) in [4.78, 5) is 16.6. The summed E-state index contributed by atoms with van der Waals surface area (Å²) in [6.07, 6.45) is 1.02. The molecule has 1 aromatic heterocycles. The summed E-state index contributed by atoms with van der Waals surface area (Å²) >= 11 is 1.55. The number of carbonyl (C=O) groups is 1. The summed E-state index contributed by atoms with van der Waals surface area (Å²) in [5, 5.41) is 15.1. The molecule has 2 N–H and O–H groups in total. The van der Waals surface area contributed by atoms with Gasteiger partial charge in [-0.1, -0.05) is 43.7 Å². The number of aryl methyl sites for hydroxylation is 1. The van der Waals surface area contributed by atoms with Gasteiger partial charge in [-0.25, -0.2) is 4.98 Å². The van der Waals surface area contributed by atoms with Crippen molar-refractivity contribution in [1.82, 2.24) is 10.3 Å². The highest BCUT2D eigenvalue weighted by Gasteiger charge is 2.15. The number of nitrogens with one attached hydrogen (secondary N) is 1. The number of aliphatic hydroxyl groups is 1. The lowest BCUT2D eigenvalue weighted by Gasteiger charge is -2.17. The number of aromatic nitrogens is 1. The third-order valence-electron chi connectivity index (χ3n) is 3.53. The Hall–Kier alpha value is -1.72. The van der Waals surface area contributed by atoms with E-state index in [4.69, 9.17) is 0 Å². The van der Waals surface area contributed by atoms with Gasteiger partial charge in [-0.15, -0.1) is 11.3 Å². The first-order chi connectivity index (χ1) is 11.0. The molecule has 124 valence electrons. The van der Waals surface area contributed by atoms with E-state index in [2.05, 4.69) is 43.2 Å². The van der Waals surface area contributed by atoms with Crippen molar-refractivity contribution in [3.63, 3.8) is 0 Å². The second kappa shape index (κ2) is 8.22. The molecule has 0 fully saturated rings. The van der Waals surface area contributed by atoms with Crippen LogP contribution in [0.5, 0.6) is 0 Å². The van der Waals surface area contributed by atoms with Gasteiger partial charge in [0.05, 0.1) is 24.8 Å². The van der Waals surface area contributed by atoms with E-state index in [0.717, 1.165) is 22.7 Å². The second-order valence-electron chi connectivity index (χ2n) is 6.26. The Balaban J connectivity index is 1.95. The lowest BCUT2D eigenvalue weighted by molar-refractivity contribution is -0.121. The van der Waals surface area contributed by atoms with Crippen molar-refractivity contribution in [2.45, 2.75) is 39.7 Å². The van der Waals surface area contributed by atoms with E-state index < -0.39 is 0 Å². The van der Waals surface area contributed by atoms with Crippen molar-refractivity contribution < 1.29 is 9.90 Å². The fourth-order valence-electron chi connectivity index (χ4n) is 2.41. The first-order valence-electron chi connectivity index (χ1n) is 7.89. The number of nitrogens with zero attached hydrogens (tertiary/aromatic N) is 1. The summed E-state index contributed by atoms with van der Waals surface area (Å²) in [5.74, 6) is 0.338. The molecule has 5 heteroatoms. The fourth-order valence-corrected chi connectivity index (χ4v) is 3.23. The van der Waals surface area contributed by atoms with E-state index in [0.29, 0.717) is 5.92 Å². The number of amides is 1. The fraction of sp³-hybridized carbons (Fsp3) is 0.444. The van der Waals surface area contributed by atoms with E-state index in [-0.39, 0.29) is 25.0 Å². The largest absolute Gasteiger partial charge is 0.394 e. The average Bonchev–Trinajstić information content (AvgIpc) is 2.95. The van der Waals surface area contributed by atoms with Crippen LogP contribution in [0.1, 0.15) is 31.5 Å². The van der Waals surface area contributed by atoms with Gasteiger partial charge in [0.25, 0.3) is 0 Å².